The average molecular weight is 456 g/mol. The second-order valence-electron chi connectivity index (χ2n) is 8.86. The number of benzene rings is 2. The van der Waals surface area contributed by atoms with Crippen LogP contribution in [0.25, 0.3) is 0 Å². The normalized spacial score (nSPS) is 21.3. The van der Waals surface area contributed by atoms with Crippen LogP contribution in [0.2, 0.25) is 0 Å². The Hall–Kier alpha value is -2.22. The molecule has 2 fully saturated rings. The molecule has 0 spiro atoms. The van der Waals surface area contributed by atoms with Crippen LogP contribution in [0.4, 0.5) is 0 Å². The van der Waals surface area contributed by atoms with E-state index in [4.69, 9.17) is 0 Å². The molecule has 0 aliphatic carbocycles. The maximum atomic E-state index is 13.0. The van der Waals surface area contributed by atoms with Gasteiger partial charge >= 0.3 is 0 Å². The van der Waals surface area contributed by atoms with Gasteiger partial charge in [0.2, 0.25) is 10.0 Å². The lowest BCUT2D eigenvalue weighted by atomic mass is 10.1. The third-order valence-electron chi connectivity index (χ3n) is 6.69. The minimum Gasteiger partial charge on any atom is -0.350 e. The number of carbonyl (C=O) groups excluding carboxylic acids is 1. The van der Waals surface area contributed by atoms with Gasteiger partial charge in [-0.3, -0.25) is 9.69 Å². The molecule has 0 bridgehead atoms. The Morgan fingerprint density at radius 2 is 1.62 bits per heavy atom. The zero-order valence-corrected chi connectivity index (χ0v) is 19.6. The molecule has 0 radical (unpaired) electrons. The fourth-order valence-electron chi connectivity index (χ4n) is 4.82. The molecule has 2 saturated heterocycles. The summed E-state index contributed by atoms with van der Waals surface area (Å²) < 4.78 is 27.6. The summed E-state index contributed by atoms with van der Waals surface area (Å²) in [5.41, 5.74) is 1.68. The number of rotatable bonds is 7. The molecule has 0 aromatic heterocycles. The molecule has 2 atom stereocenters. The molecule has 2 aromatic carbocycles. The molecule has 1 amide bonds. The van der Waals surface area contributed by atoms with Crippen molar-refractivity contribution in [3.8, 4) is 0 Å². The standard InChI is InChI=1S/C25H33N3O3S/c1-20-9-5-6-18-28(20)32(30,31)23-14-12-22(13-15-23)25(29)26-19-24(27-16-7-8-17-27)21-10-3-2-4-11-21/h2-4,10-15,20,24H,5-9,16-19H2,1H3,(H,26,29). The number of piperidine rings is 1. The first-order chi connectivity index (χ1) is 15.5. The molecular weight excluding hydrogens is 422 g/mol. The number of nitrogens with one attached hydrogen (secondary N) is 1. The van der Waals surface area contributed by atoms with Crippen molar-refractivity contribution in [1.82, 2.24) is 14.5 Å². The van der Waals surface area contributed by atoms with Crippen LogP contribution in [0.3, 0.4) is 0 Å². The fourth-order valence-corrected chi connectivity index (χ4v) is 6.52. The van der Waals surface area contributed by atoms with Crippen molar-refractivity contribution >= 4 is 15.9 Å². The van der Waals surface area contributed by atoms with Gasteiger partial charge in [0.25, 0.3) is 5.91 Å². The first-order valence-corrected chi connectivity index (χ1v) is 13.1. The summed E-state index contributed by atoms with van der Waals surface area (Å²) >= 11 is 0. The predicted octanol–water partition coefficient (Wildman–Crippen LogP) is 3.82. The van der Waals surface area contributed by atoms with E-state index in [2.05, 4.69) is 22.3 Å². The second-order valence-corrected chi connectivity index (χ2v) is 10.8. The van der Waals surface area contributed by atoms with Gasteiger partial charge in [-0.25, -0.2) is 8.42 Å². The van der Waals surface area contributed by atoms with Crippen molar-refractivity contribution in [3.05, 3.63) is 65.7 Å². The Bertz CT molecular complexity index is 1000. The minimum absolute atomic E-state index is 0.0113. The van der Waals surface area contributed by atoms with E-state index in [0.717, 1.165) is 32.4 Å². The zero-order chi connectivity index (χ0) is 22.6. The van der Waals surface area contributed by atoms with Gasteiger partial charge in [0, 0.05) is 24.7 Å². The van der Waals surface area contributed by atoms with Crippen LogP contribution in [-0.2, 0) is 10.0 Å². The average Bonchev–Trinajstić information content (AvgIpc) is 3.35. The van der Waals surface area contributed by atoms with Gasteiger partial charge in [-0.05, 0) is 75.5 Å². The Kier molecular flexibility index (Phi) is 7.28. The van der Waals surface area contributed by atoms with Crippen molar-refractivity contribution in [2.24, 2.45) is 0 Å². The van der Waals surface area contributed by atoms with Crippen LogP contribution in [0, 0.1) is 0 Å². The van der Waals surface area contributed by atoms with E-state index in [0.29, 0.717) is 18.7 Å². The number of nitrogens with zero attached hydrogens (tertiary/aromatic N) is 2. The van der Waals surface area contributed by atoms with E-state index < -0.39 is 10.0 Å². The van der Waals surface area contributed by atoms with Crippen molar-refractivity contribution in [2.45, 2.75) is 56.0 Å². The largest absolute Gasteiger partial charge is 0.350 e. The molecule has 2 aliphatic rings. The lowest BCUT2D eigenvalue weighted by Crippen LogP contribution is -2.41. The Morgan fingerprint density at radius 3 is 2.28 bits per heavy atom. The van der Waals surface area contributed by atoms with Gasteiger partial charge in [0.15, 0.2) is 0 Å². The highest BCUT2D eigenvalue weighted by Crippen LogP contribution is 2.26. The van der Waals surface area contributed by atoms with E-state index >= 15 is 0 Å². The molecule has 2 aliphatic heterocycles. The van der Waals surface area contributed by atoms with E-state index in [9.17, 15) is 13.2 Å². The van der Waals surface area contributed by atoms with E-state index in [1.807, 2.05) is 25.1 Å². The van der Waals surface area contributed by atoms with Crippen LogP contribution in [-0.4, -0.2) is 55.8 Å². The van der Waals surface area contributed by atoms with Gasteiger partial charge < -0.3 is 5.32 Å². The number of sulfonamides is 1. The highest BCUT2D eigenvalue weighted by molar-refractivity contribution is 7.89. The first-order valence-electron chi connectivity index (χ1n) is 11.7. The molecule has 2 aromatic rings. The number of amides is 1. The summed E-state index contributed by atoms with van der Waals surface area (Å²) in [5.74, 6) is -0.180. The van der Waals surface area contributed by atoms with Gasteiger partial charge in [-0.1, -0.05) is 36.8 Å². The minimum atomic E-state index is -3.53. The molecule has 2 unspecified atom stereocenters. The van der Waals surface area contributed by atoms with E-state index in [1.165, 1.54) is 18.4 Å². The maximum Gasteiger partial charge on any atom is 0.251 e. The Balaban J connectivity index is 1.43. The highest BCUT2D eigenvalue weighted by atomic mass is 32.2. The Labute approximate surface area is 191 Å². The molecule has 4 rings (SSSR count). The van der Waals surface area contributed by atoms with Gasteiger partial charge in [0.1, 0.15) is 0 Å². The molecule has 172 valence electrons. The molecule has 2 heterocycles. The smallest absolute Gasteiger partial charge is 0.251 e. The number of hydrogen-bond acceptors (Lipinski definition) is 4. The van der Waals surface area contributed by atoms with Gasteiger partial charge in [-0.15, -0.1) is 0 Å². The number of hydrogen-bond donors (Lipinski definition) is 1. The molecular formula is C25H33N3O3S. The monoisotopic (exact) mass is 455 g/mol. The molecule has 1 N–H and O–H groups in total. The fraction of sp³-hybridized carbons (Fsp3) is 0.480. The molecule has 7 heteroatoms. The summed E-state index contributed by atoms with van der Waals surface area (Å²) in [6.07, 6.45) is 5.21. The van der Waals surface area contributed by atoms with Crippen LogP contribution in [0.5, 0.6) is 0 Å². The summed E-state index contributed by atoms with van der Waals surface area (Å²) in [6.45, 7) is 5.12. The summed E-state index contributed by atoms with van der Waals surface area (Å²) in [6, 6.07) is 16.8. The molecule has 6 nitrogen and oxygen atoms in total. The van der Waals surface area contributed by atoms with Crippen LogP contribution >= 0.6 is 0 Å². The van der Waals surface area contributed by atoms with Crippen molar-refractivity contribution in [3.63, 3.8) is 0 Å². The predicted molar refractivity (Wildman–Crippen MR) is 126 cm³/mol. The van der Waals surface area contributed by atoms with Gasteiger partial charge in [0.05, 0.1) is 10.9 Å². The quantitative estimate of drug-likeness (QED) is 0.689. The summed E-state index contributed by atoms with van der Waals surface area (Å²) in [4.78, 5) is 15.5. The number of likely N-dealkylation sites (tertiary alicyclic amines) is 1. The highest BCUT2D eigenvalue weighted by Gasteiger charge is 2.31. The van der Waals surface area contributed by atoms with Gasteiger partial charge in [-0.2, -0.15) is 4.31 Å². The summed E-state index contributed by atoms with van der Waals surface area (Å²) in [7, 11) is -3.53. The summed E-state index contributed by atoms with van der Waals surface area (Å²) in [5, 5.41) is 3.06. The van der Waals surface area contributed by atoms with Crippen molar-refractivity contribution in [2.75, 3.05) is 26.2 Å². The van der Waals surface area contributed by atoms with Crippen LogP contribution in [0.1, 0.15) is 61.0 Å². The topological polar surface area (TPSA) is 69.7 Å². The zero-order valence-electron chi connectivity index (χ0n) is 18.7. The third kappa shape index (κ3) is 5.05. The second kappa shape index (κ2) is 10.1. The Morgan fingerprint density at radius 1 is 0.969 bits per heavy atom. The number of carbonyl (C=O) groups is 1. The molecule has 32 heavy (non-hydrogen) atoms. The van der Waals surface area contributed by atoms with Crippen LogP contribution < -0.4 is 5.32 Å². The van der Waals surface area contributed by atoms with E-state index in [-0.39, 0.29) is 22.9 Å². The lowest BCUT2D eigenvalue weighted by Gasteiger charge is -2.32. The third-order valence-corrected chi connectivity index (χ3v) is 8.71. The SMILES string of the molecule is CC1CCCCN1S(=O)(=O)c1ccc(C(=O)NCC(c2ccccc2)N2CCCC2)cc1. The van der Waals surface area contributed by atoms with E-state index in [1.54, 1.807) is 28.6 Å². The van der Waals surface area contributed by atoms with Crippen molar-refractivity contribution in [1.29, 1.82) is 0 Å². The van der Waals surface area contributed by atoms with Crippen molar-refractivity contribution < 1.29 is 13.2 Å². The van der Waals surface area contributed by atoms with Crippen LogP contribution in [0.15, 0.2) is 59.5 Å². The lowest BCUT2D eigenvalue weighted by molar-refractivity contribution is 0.0938. The first kappa shape index (κ1) is 23.0. The molecule has 0 saturated carbocycles. The maximum absolute atomic E-state index is 13.0.